The highest BCUT2D eigenvalue weighted by Crippen LogP contribution is 2.18. The number of amides is 2. The third-order valence-electron chi connectivity index (χ3n) is 2.11. The Bertz CT molecular complexity index is 371. The van der Waals surface area contributed by atoms with Gasteiger partial charge in [-0.25, -0.2) is 4.79 Å². The van der Waals surface area contributed by atoms with Gasteiger partial charge >= 0.3 is 6.03 Å². The number of fused-ring (bicyclic) bond motifs is 1. The van der Waals surface area contributed by atoms with Crippen LogP contribution < -0.4 is 5.73 Å². The van der Waals surface area contributed by atoms with Crippen molar-refractivity contribution in [2.45, 2.75) is 6.54 Å². The lowest BCUT2D eigenvalue weighted by molar-refractivity contribution is 0.223. The molecule has 0 fully saturated rings. The first-order valence-electron chi connectivity index (χ1n) is 4.09. The van der Waals surface area contributed by atoms with E-state index in [2.05, 4.69) is 0 Å². The molecule has 3 heteroatoms. The Kier molecular flexibility index (Phi) is 1.77. The maximum Gasteiger partial charge on any atom is 0.319 e. The van der Waals surface area contributed by atoms with Crippen molar-refractivity contribution < 1.29 is 4.79 Å². The van der Waals surface area contributed by atoms with E-state index in [0.29, 0.717) is 6.54 Å². The maximum atomic E-state index is 10.9. The van der Waals surface area contributed by atoms with Gasteiger partial charge in [0, 0.05) is 6.20 Å². The maximum absolute atomic E-state index is 10.9. The molecule has 0 aromatic heterocycles. The van der Waals surface area contributed by atoms with Gasteiger partial charge in [-0.05, 0) is 17.2 Å². The van der Waals surface area contributed by atoms with Crippen LogP contribution in [-0.4, -0.2) is 10.9 Å². The summed E-state index contributed by atoms with van der Waals surface area (Å²) in [5, 5.41) is 0. The van der Waals surface area contributed by atoms with E-state index in [1.807, 2.05) is 30.3 Å². The van der Waals surface area contributed by atoms with Crippen molar-refractivity contribution in [3.8, 4) is 0 Å². The summed E-state index contributed by atoms with van der Waals surface area (Å²) in [4.78, 5) is 12.3. The van der Waals surface area contributed by atoms with E-state index in [0.717, 1.165) is 11.1 Å². The zero-order chi connectivity index (χ0) is 9.26. The lowest BCUT2D eigenvalue weighted by Gasteiger charge is -2.21. The lowest BCUT2D eigenvalue weighted by Crippen LogP contribution is -2.32. The van der Waals surface area contributed by atoms with Crippen molar-refractivity contribution in [2.75, 3.05) is 0 Å². The molecule has 1 heterocycles. The first-order valence-corrected chi connectivity index (χ1v) is 4.09. The Morgan fingerprint density at radius 1 is 1.38 bits per heavy atom. The smallest absolute Gasteiger partial charge is 0.319 e. The zero-order valence-electron chi connectivity index (χ0n) is 7.10. The van der Waals surface area contributed by atoms with Crippen LogP contribution in [0.3, 0.4) is 0 Å². The predicted molar refractivity (Wildman–Crippen MR) is 50.6 cm³/mol. The molecule has 1 aliphatic rings. The minimum atomic E-state index is -0.411. The summed E-state index contributed by atoms with van der Waals surface area (Å²) in [7, 11) is 0. The molecule has 0 saturated heterocycles. The standard InChI is InChI=1S/C10H10N2O/c11-10(13)12-6-5-8-3-1-2-4-9(8)7-12/h1-6H,7H2,(H2,11,13). The Balaban J connectivity index is 2.34. The molecule has 0 saturated carbocycles. The Hall–Kier alpha value is -1.77. The molecule has 3 nitrogen and oxygen atoms in total. The van der Waals surface area contributed by atoms with E-state index in [-0.39, 0.29) is 0 Å². The molecule has 0 unspecified atom stereocenters. The molecular weight excluding hydrogens is 164 g/mol. The Morgan fingerprint density at radius 3 is 2.92 bits per heavy atom. The van der Waals surface area contributed by atoms with Gasteiger partial charge in [0.1, 0.15) is 0 Å². The number of carbonyl (C=O) groups is 1. The molecule has 0 radical (unpaired) electrons. The van der Waals surface area contributed by atoms with Gasteiger partial charge < -0.3 is 5.73 Å². The van der Waals surface area contributed by atoms with Gasteiger partial charge in [0.15, 0.2) is 0 Å². The first kappa shape index (κ1) is 7.86. The summed E-state index contributed by atoms with van der Waals surface area (Å²) in [5.41, 5.74) is 7.44. The van der Waals surface area contributed by atoms with E-state index in [1.165, 1.54) is 4.90 Å². The first-order chi connectivity index (χ1) is 6.27. The number of benzene rings is 1. The number of hydrogen-bond acceptors (Lipinski definition) is 1. The number of primary amides is 1. The van der Waals surface area contributed by atoms with Crippen LogP contribution in [0.15, 0.2) is 30.5 Å². The third kappa shape index (κ3) is 1.40. The van der Waals surface area contributed by atoms with Crippen LogP contribution in [0.1, 0.15) is 11.1 Å². The summed E-state index contributed by atoms with van der Waals surface area (Å²) >= 11 is 0. The van der Waals surface area contributed by atoms with Crippen LogP contribution in [0.25, 0.3) is 6.08 Å². The van der Waals surface area contributed by atoms with Crippen LogP contribution >= 0.6 is 0 Å². The van der Waals surface area contributed by atoms with Gasteiger partial charge in [-0.2, -0.15) is 0 Å². The van der Waals surface area contributed by atoms with Gasteiger partial charge in [-0.15, -0.1) is 0 Å². The van der Waals surface area contributed by atoms with Crippen molar-refractivity contribution in [3.05, 3.63) is 41.6 Å². The monoisotopic (exact) mass is 174 g/mol. The highest BCUT2D eigenvalue weighted by molar-refractivity contribution is 5.75. The summed E-state index contributed by atoms with van der Waals surface area (Å²) in [6.45, 7) is 0.571. The average molecular weight is 174 g/mol. The lowest BCUT2D eigenvalue weighted by atomic mass is 10.0. The number of nitrogens with two attached hydrogens (primary N) is 1. The fourth-order valence-electron chi connectivity index (χ4n) is 1.40. The minimum absolute atomic E-state index is 0.411. The van der Waals surface area contributed by atoms with Crippen molar-refractivity contribution in [1.82, 2.24) is 4.90 Å². The molecular formula is C10H10N2O. The van der Waals surface area contributed by atoms with E-state index < -0.39 is 6.03 Å². The Morgan fingerprint density at radius 2 is 2.15 bits per heavy atom. The van der Waals surface area contributed by atoms with Crippen molar-refractivity contribution in [1.29, 1.82) is 0 Å². The summed E-state index contributed by atoms with van der Waals surface area (Å²) in [5.74, 6) is 0. The molecule has 0 spiro atoms. The zero-order valence-corrected chi connectivity index (χ0v) is 7.10. The second-order valence-corrected chi connectivity index (χ2v) is 2.98. The quantitative estimate of drug-likeness (QED) is 0.637. The number of nitrogens with zero attached hydrogens (tertiary/aromatic N) is 1. The number of carbonyl (C=O) groups excluding carboxylic acids is 1. The number of hydrogen-bond donors (Lipinski definition) is 1. The highest BCUT2D eigenvalue weighted by atomic mass is 16.2. The number of rotatable bonds is 0. The minimum Gasteiger partial charge on any atom is -0.351 e. The molecule has 0 atom stereocenters. The van der Waals surface area contributed by atoms with Crippen molar-refractivity contribution in [3.63, 3.8) is 0 Å². The normalized spacial score (nSPS) is 14.0. The molecule has 2 rings (SSSR count). The number of urea groups is 1. The highest BCUT2D eigenvalue weighted by Gasteiger charge is 2.12. The topological polar surface area (TPSA) is 46.3 Å². The van der Waals surface area contributed by atoms with Gasteiger partial charge in [-0.3, -0.25) is 4.90 Å². The van der Waals surface area contributed by atoms with E-state index in [4.69, 9.17) is 5.73 Å². The molecule has 66 valence electrons. The summed E-state index contributed by atoms with van der Waals surface area (Å²) < 4.78 is 0. The molecule has 13 heavy (non-hydrogen) atoms. The SMILES string of the molecule is NC(=O)N1C=Cc2ccccc2C1. The van der Waals surface area contributed by atoms with Crippen LogP contribution in [0.5, 0.6) is 0 Å². The Labute approximate surface area is 76.5 Å². The van der Waals surface area contributed by atoms with Crippen LogP contribution in [0.2, 0.25) is 0 Å². The molecule has 0 aliphatic carbocycles. The van der Waals surface area contributed by atoms with Crippen LogP contribution in [0.4, 0.5) is 4.79 Å². The fraction of sp³-hybridized carbons (Fsp3) is 0.100. The molecule has 1 aliphatic heterocycles. The fourth-order valence-corrected chi connectivity index (χ4v) is 1.40. The van der Waals surface area contributed by atoms with Crippen LogP contribution in [-0.2, 0) is 6.54 Å². The second-order valence-electron chi connectivity index (χ2n) is 2.98. The summed E-state index contributed by atoms with van der Waals surface area (Å²) in [6.07, 6.45) is 3.61. The third-order valence-corrected chi connectivity index (χ3v) is 2.11. The predicted octanol–water partition coefficient (Wildman–Crippen LogP) is 1.55. The van der Waals surface area contributed by atoms with Crippen LogP contribution in [0, 0.1) is 0 Å². The van der Waals surface area contributed by atoms with Gasteiger partial charge in [-0.1, -0.05) is 24.3 Å². The van der Waals surface area contributed by atoms with E-state index >= 15 is 0 Å². The summed E-state index contributed by atoms with van der Waals surface area (Å²) in [6, 6.07) is 7.53. The van der Waals surface area contributed by atoms with E-state index in [1.54, 1.807) is 6.20 Å². The molecule has 2 amide bonds. The molecule has 1 aromatic carbocycles. The molecule has 1 aromatic rings. The van der Waals surface area contributed by atoms with Gasteiger partial charge in [0.2, 0.25) is 0 Å². The molecule has 2 N–H and O–H groups in total. The van der Waals surface area contributed by atoms with Crippen molar-refractivity contribution >= 4 is 12.1 Å². The molecule has 0 bridgehead atoms. The largest absolute Gasteiger partial charge is 0.351 e. The van der Waals surface area contributed by atoms with Gasteiger partial charge in [0.25, 0.3) is 0 Å². The average Bonchev–Trinajstić information content (AvgIpc) is 2.17. The van der Waals surface area contributed by atoms with Gasteiger partial charge in [0.05, 0.1) is 6.54 Å². The van der Waals surface area contributed by atoms with Crippen molar-refractivity contribution in [2.24, 2.45) is 5.73 Å². The second kappa shape index (κ2) is 2.94. The van der Waals surface area contributed by atoms with E-state index in [9.17, 15) is 4.79 Å².